The van der Waals surface area contributed by atoms with Crippen LogP contribution in [0.5, 0.6) is 0 Å². The van der Waals surface area contributed by atoms with Crippen LogP contribution < -0.4 is 11.1 Å². The Morgan fingerprint density at radius 3 is 2.58 bits per heavy atom. The van der Waals surface area contributed by atoms with Gasteiger partial charge in [-0.15, -0.1) is 0 Å². The van der Waals surface area contributed by atoms with Gasteiger partial charge in [0.15, 0.2) is 5.84 Å². The van der Waals surface area contributed by atoms with E-state index in [1.807, 2.05) is 11.8 Å². The predicted molar refractivity (Wildman–Crippen MR) is 77.4 cm³/mol. The summed E-state index contributed by atoms with van der Waals surface area (Å²) in [7, 11) is 0. The first-order chi connectivity index (χ1) is 9.02. The molecule has 1 heterocycles. The van der Waals surface area contributed by atoms with Crippen LogP contribution in [0.4, 0.5) is 0 Å². The normalized spacial score (nSPS) is 30.5. The first-order valence-corrected chi connectivity index (χ1v) is 7.91. The van der Waals surface area contributed by atoms with E-state index in [1.165, 1.54) is 6.42 Å². The van der Waals surface area contributed by atoms with Crippen molar-refractivity contribution in [2.75, 3.05) is 12.3 Å². The van der Waals surface area contributed by atoms with E-state index in [0.29, 0.717) is 19.4 Å². The van der Waals surface area contributed by atoms with Crippen LogP contribution in [0.1, 0.15) is 45.4 Å². The zero-order valence-electron chi connectivity index (χ0n) is 11.4. The average Bonchev–Trinajstić information content (AvgIpc) is 3.05. The molecule has 2 rings (SSSR count). The van der Waals surface area contributed by atoms with Crippen molar-refractivity contribution in [3.63, 3.8) is 0 Å². The molecule has 1 amide bonds. The largest absolute Gasteiger partial charge is 0.409 e. The number of thioether (sulfide) groups is 1. The van der Waals surface area contributed by atoms with Gasteiger partial charge in [-0.1, -0.05) is 18.0 Å². The molecule has 108 valence electrons. The van der Waals surface area contributed by atoms with Crippen LogP contribution in [-0.2, 0) is 4.79 Å². The third kappa shape index (κ3) is 2.83. The van der Waals surface area contributed by atoms with Crippen molar-refractivity contribution in [3.8, 4) is 0 Å². The Kier molecular flexibility index (Phi) is 4.28. The zero-order chi connectivity index (χ0) is 13.9. The van der Waals surface area contributed by atoms with Gasteiger partial charge in [0.05, 0.1) is 0 Å². The number of rotatable bonds is 4. The Morgan fingerprint density at radius 1 is 1.37 bits per heavy atom. The van der Waals surface area contributed by atoms with Gasteiger partial charge in [-0.25, -0.2) is 0 Å². The Bertz CT molecular complexity index is 372. The summed E-state index contributed by atoms with van der Waals surface area (Å²) in [4.78, 5) is 12.5. The molecule has 1 unspecified atom stereocenters. The summed E-state index contributed by atoms with van der Waals surface area (Å²) in [5.41, 5.74) is 4.98. The molecule has 0 spiro atoms. The summed E-state index contributed by atoms with van der Waals surface area (Å²) in [5.74, 6) is 1.15. The third-order valence-corrected chi connectivity index (χ3v) is 5.95. The minimum atomic E-state index is -0.783. The molecule has 4 N–H and O–H groups in total. The van der Waals surface area contributed by atoms with Crippen LogP contribution >= 0.6 is 11.8 Å². The van der Waals surface area contributed by atoms with Gasteiger partial charge in [-0.2, -0.15) is 11.8 Å². The number of carbonyl (C=O) groups excluding carboxylic acids is 1. The van der Waals surface area contributed by atoms with Crippen molar-refractivity contribution < 1.29 is 10.0 Å². The van der Waals surface area contributed by atoms with Gasteiger partial charge in [0, 0.05) is 11.3 Å². The van der Waals surface area contributed by atoms with Crippen molar-refractivity contribution in [1.29, 1.82) is 0 Å². The number of nitrogens with zero attached hydrogens (tertiary/aromatic N) is 1. The molecule has 5 nitrogen and oxygen atoms in total. The molecule has 1 saturated heterocycles. The van der Waals surface area contributed by atoms with Crippen molar-refractivity contribution >= 4 is 23.5 Å². The molecule has 0 aromatic heterocycles. The first kappa shape index (κ1) is 14.5. The summed E-state index contributed by atoms with van der Waals surface area (Å²) in [6, 6.07) is 0. The molecule has 1 aliphatic carbocycles. The number of nitrogens with one attached hydrogen (secondary N) is 1. The third-order valence-electron chi connectivity index (χ3n) is 4.41. The summed E-state index contributed by atoms with van der Waals surface area (Å²) >= 11 is 1.92. The molecule has 19 heavy (non-hydrogen) atoms. The Hall–Kier alpha value is -0.910. The highest BCUT2D eigenvalue weighted by molar-refractivity contribution is 8.00. The molecule has 0 aromatic carbocycles. The lowest BCUT2D eigenvalue weighted by atomic mass is 9.83. The smallest absolute Gasteiger partial charge is 0.234 e. The maximum absolute atomic E-state index is 12.5. The lowest BCUT2D eigenvalue weighted by Gasteiger charge is -2.29. The molecule has 1 saturated carbocycles. The maximum atomic E-state index is 12.5. The van der Waals surface area contributed by atoms with Gasteiger partial charge in [0.1, 0.15) is 5.41 Å². The summed E-state index contributed by atoms with van der Waals surface area (Å²) in [6.07, 6.45) is 5.61. The van der Waals surface area contributed by atoms with Crippen molar-refractivity contribution in [2.24, 2.45) is 16.3 Å². The molecule has 1 aliphatic heterocycles. The fourth-order valence-corrected chi connectivity index (χ4v) is 4.33. The fourth-order valence-electron chi connectivity index (χ4n) is 3.09. The second kappa shape index (κ2) is 5.61. The van der Waals surface area contributed by atoms with Crippen LogP contribution in [0.2, 0.25) is 0 Å². The van der Waals surface area contributed by atoms with Crippen LogP contribution in [0.3, 0.4) is 0 Å². The highest BCUT2D eigenvalue weighted by Crippen LogP contribution is 2.40. The van der Waals surface area contributed by atoms with E-state index in [1.54, 1.807) is 0 Å². The van der Waals surface area contributed by atoms with Gasteiger partial charge < -0.3 is 16.3 Å². The van der Waals surface area contributed by atoms with Crippen LogP contribution in [-0.4, -0.2) is 34.0 Å². The molecule has 0 bridgehead atoms. The number of hydrogen-bond donors (Lipinski definition) is 3. The van der Waals surface area contributed by atoms with Crippen LogP contribution in [0.25, 0.3) is 0 Å². The highest BCUT2D eigenvalue weighted by atomic mass is 32.2. The van der Waals surface area contributed by atoms with Crippen LogP contribution in [0, 0.1) is 5.41 Å². The highest BCUT2D eigenvalue weighted by Gasteiger charge is 2.46. The number of amidine groups is 1. The van der Waals surface area contributed by atoms with E-state index in [-0.39, 0.29) is 16.5 Å². The molecular weight excluding hydrogens is 262 g/mol. The molecule has 6 heteroatoms. The monoisotopic (exact) mass is 285 g/mol. The Balaban J connectivity index is 2.01. The average molecular weight is 285 g/mol. The summed E-state index contributed by atoms with van der Waals surface area (Å²) in [5, 5.41) is 15.0. The van der Waals surface area contributed by atoms with E-state index in [0.717, 1.165) is 25.0 Å². The van der Waals surface area contributed by atoms with E-state index in [4.69, 9.17) is 10.9 Å². The van der Waals surface area contributed by atoms with E-state index in [2.05, 4.69) is 17.4 Å². The lowest BCUT2D eigenvalue weighted by molar-refractivity contribution is -0.127. The van der Waals surface area contributed by atoms with Gasteiger partial charge in [0.25, 0.3) is 0 Å². The van der Waals surface area contributed by atoms with E-state index < -0.39 is 5.41 Å². The lowest BCUT2D eigenvalue weighted by Crippen LogP contribution is -2.50. The molecular formula is C13H23N3O2S. The molecule has 2 fully saturated rings. The van der Waals surface area contributed by atoms with Gasteiger partial charge in [-0.05, 0) is 38.4 Å². The van der Waals surface area contributed by atoms with Crippen molar-refractivity contribution in [1.82, 2.24) is 5.32 Å². The number of nitrogens with two attached hydrogens (primary N) is 1. The van der Waals surface area contributed by atoms with Gasteiger partial charge in [0.2, 0.25) is 5.91 Å². The van der Waals surface area contributed by atoms with Crippen molar-refractivity contribution in [3.05, 3.63) is 0 Å². The predicted octanol–water partition coefficient (Wildman–Crippen LogP) is 1.70. The second-order valence-corrected chi connectivity index (χ2v) is 7.54. The Labute approximate surface area is 118 Å². The topological polar surface area (TPSA) is 87.7 Å². The molecule has 0 aromatic rings. The quantitative estimate of drug-likeness (QED) is 0.317. The van der Waals surface area contributed by atoms with E-state index in [9.17, 15) is 4.79 Å². The number of amides is 1. The zero-order valence-corrected chi connectivity index (χ0v) is 12.3. The second-order valence-electron chi connectivity index (χ2n) is 5.86. The van der Waals surface area contributed by atoms with E-state index >= 15 is 0 Å². The molecule has 0 radical (unpaired) electrons. The minimum Gasteiger partial charge on any atom is -0.409 e. The van der Waals surface area contributed by atoms with Crippen LogP contribution in [0.15, 0.2) is 5.16 Å². The summed E-state index contributed by atoms with van der Waals surface area (Å²) in [6.45, 7) is 2.85. The Morgan fingerprint density at radius 2 is 2.05 bits per heavy atom. The fraction of sp³-hybridized carbons (Fsp3) is 0.846. The van der Waals surface area contributed by atoms with Gasteiger partial charge in [-0.3, -0.25) is 4.79 Å². The standard InChI is InChI=1S/C13H23N3O2S/c1-12(5-4-8-19-12)9-15-11(17)13(10(14)16-18)6-2-3-7-13/h18H,2-9H2,1H3,(H2,14,16)(H,15,17). The molecule has 1 atom stereocenters. The van der Waals surface area contributed by atoms with Crippen molar-refractivity contribution in [2.45, 2.75) is 50.2 Å². The SMILES string of the molecule is CC1(CNC(=O)C2(C(N)=NO)CCCC2)CCCS1. The maximum Gasteiger partial charge on any atom is 0.234 e. The summed E-state index contributed by atoms with van der Waals surface area (Å²) < 4.78 is 0.139. The minimum absolute atomic E-state index is 0.0618. The number of oxime groups is 1. The van der Waals surface area contributed by atoms with Gasteiger partial charge >= 0.3 is 0 Å². The number of hydrogen-bond acceptors (Lipinski definition) is 4. The number of carbonyl (C=O) groups is 1. The molecule has 2 aliphatic rings. The first-order valence-electron chi connectivity index (χ1n) is 6.93.